The SMILES string of the molecule is COc1ccc(C)cc1Oc1cccc(CN2CCC(NC(=O)Cc3ccccc3)CC2)c1. The van der Waals surface area contributed by atoms with Gasteiger partial charge in [-0.3, -0.25) is 9.69 Å². The Labute approximate surface area is 196 Å². The van der Waals surface area contributed by atoms with Crippen molar-refractivity contribution in [1.82, 2.24) is 10.2 Å². The highest BCUT2D eigenvalue weighted by Crippen LogP contribution is 2.32. The van der Waals surface area contributed by atoms with Crippen LogP contribution in [0.4, 0.5) is 0 Å². The molecule has 0 bridgehead atoms. The van der Waals surface area contributed by atoms with Crippen molar-refractivity contribution >= 4 is 5.91 Å². The molecular formula is C28H32N2O3. The zero-order valence-corrected chi connectivity index (χ0v) is 19.4. The molecular weight excluding hydrogens is 412 g/mol. The maximum absolute atomic E-state index is 12.4. The molecule has 1 amide bonds. The van der Waals surface area contributed by atoms with Crippen molar-refractivity contribution in [2.24, 2.45) is 0 Å². The highest BCUT2D eigenvalue weighted by Gasteiger charge is 2.21. The maximum Gasteiger partial charge on any atom is 0.224 e. The Hall–Kier alpha value is -3.31. The summed E-state index contributed by atoms with van der Waals surface area (Å²) in [5.41, 5.74) is 3.39. The number of carbonyl (C=O) groups is 1. The Morgan fingerprint density at radius 3 is 2.45 bits per heavy atom. The van der Waals surface area contributed by atoms with Crippen LogP contribution in [0.1, 0.15) is 29.5 Å². The molecule has 3 aromatic carbocycles. The number of nitrogens with one attached hydrogen (secondary N) is 1. The zero-order chi connectivity index (χ0) is 23.0. The predicted molar refractivity (Wildman–Crippen MR) is 131 cm³/mol. The summed E-state index contributed by atoms with van der Waals surface area (Å²) in [4.78, 5) is 14.8. The monoisotopic (exact) mass is 444 g/mol. The Kier molecular flexibility index (Phi) is 7.63. The van der Waals surface area contributed by atoms with E-state index < -0.39 is 0 Å². The first-order valence-corrected chi connectivity index (χ1v) is 11.6. The molecule has 5 nitrogen and oxygen atoms in total. The second kappa shape index (κ2) is 11.0. The number of methoxy groups -OCH3 is 1. The minimum atomic E-state index is 0.107. The Bertz CT molecular complexity index is 1060. The molecule has 0 aliphatic carbocycles. The Morgan fingerprint density at radius 2 is 1.70 bits per heavy atom. The molecule has 1 N–H and O–H groups in total. The van der Waals surface area contributed by atoms with Gasteiger partial charge in [0, 0.05) is 25.7 Å². The van der Waals surface area contributed by atoms with Gasteiger partial charge in [0.2, 0.25) is 5.91 Å². The number of nitrogens with zero attached hydrogens (tertiary/aromatic N) is 1. The van der Waals surface area contributed by atoms with E-state index in [0.717, 1.165) is 60.9 Å². The molecule has 1 saturated heterocycles. The van der Waals surface area contributed by atoms with Crippen LogP contribution in [0, 0.1) is 6.92 Å². The molecule has 5 heteroatoms. The van der Waals surface area contributed by atoms with Crippen LogP contribution < -0.4 is 14.8 Å². The van der Waals surface area contributed by atoms with Crippen molar-refractivity contribution in [3.05, 3.63) is 89.5 Å². The van der Waals surface area contributed by atoms with Crippen molar-refractivity contribution in [3.8, 4) is 17.2 Å². The van der Waals surface area contributed by atoms with Gasteiger partial charge in [0.05, 0.1) is 13.5 Å². The molecule has 3 aromatic rings. The lowest BCUT2D eigenvalue weighted by atomic mass is 10.0. The zero-order valence-electron chi connectivity index (χ0n) is 19.4. The fraction of sp³-hybridized carbons (Fsp3) is 0.321. The third-order valence-electron chi connectivity index (χ3n) is 6.01. The van der Waals surface area contributed by atoms with Gasteiger partial charge in [0.25, 0.3) is 0 Å². The molecule has 0 spiro atoms. The van der Waals surface area contributed by atoms with E-state index >= 15 is 0 Å². The summed E-state index contributed by atoms with van der Waals surface area (Å²) in [5, 5.41) is 3.21. The number of amides is 1. The molecule has 1 aliphatic heterocycles. The summed E-state index contributed by atoms with van der Waals surface area (Å²) < 4.78 is 11.6. The van der Waals surface area contributed by atoms with Gasteiger partial charge in [-0.2, -0.15) is 0 Å². The molecule has 1 fully saturated rings. The van der Waals surface area contributed by atoms with Crippen LogP contribution in [0.2, 0.25) is 0 Å². The van der Waals surface area contributed by atoms with Crippen molar-refractivity contribution < 1.29 is 14.3 Å². The number of hydrogen-bond donors (Lipinski definition) is 1. The summed E-state index contributed by atoms with van der Waals surface area (Å²) in [7, 11) is 1.65. The second-order valence-electron chi connectivity index (χ2n) is 8.68. The second-order valence-corrected chi connectivity index (χ2v) is 8.68. The van der Waals surface area contributed by atoms with Gasteiger partial charge in [-0.15, -0.1) is 0 Å². The average molecular weight is 445 g/mol. The highest BCUT2D eigenvalue weighted by atomic mass is 16.5. The molecule has 1 aliphatic rings. The van der Waals surface area contributed by atoms with Crippen molar-refractivity contribution in [2.45, 2.75) is 38.8 Å². The number of carbonyl (C=O) groups excluding carboxylic acids is 1. The van der Waals surface area contributed by atoms with Crippen molar-refractivity contribution in [3.63, 3.8) is 0 Å². The molecule has 33 heavy (non-hydrogen) atoms. The van der Waals surface area contributed by atoms with E-state index in [1.807, 2.05) is 67.6 Å². The number of aryl methyl sites for hydroxylation is 1. The van der Waals surface area contributed by atoms with E-state index in [4.69, 9.17) is 9.47 Å². The van der Waals surface area contributed by atoms with E-state index in [-0.39, 0.29) is 11.9 Å². The lowest BCUT2D eigenvalue weighted by molar-refractivity contribution is -0.121. The van der Waals surface area contributed by atoms with Crippen LogP contribution in [0.3, 0.4) is 0 Å². The minimum absolute atomic E-state index is 0.107. The third kappa shape index (κ3) is 6.59. The van der Waals surface area contributed by atoms with Crippen LogP contribution in [0.25, 0.3) is 0 Å². The van der Waals surface area contributed by atoms with Crippen LogP contribution in [-0.2, 0) is 17.8 Å². The van der Waals surface area contributed by atoms with Gasteiger partial charge >= 0.3 is 0 Å². The summed E-state index contributed by atoms with van der Waals surface area (Å²) >= 11 is 0. The number of likely N-dealkylation sites (tertiary alicyclic amines) is 1. The van der Waals surface area contributed by atoms with Gasteiger partial charge in [-0.1, -0.05) is 48.5 Å². The first-order chi connectivity index (χ1) is 16.1. The molecule has 0 atom stereocenters. The maximum atomic E-state index is 12.4. The van der Waals surface area contributed by atoms with Crippen molar-refractivity contribution in [1.29, 1.82) is 0 Å². The highest BCUT2D eigenvalue weighted by molar-refractivity contribution is 5.78. The number of benzene rings is 3. The van der Waals surface area contributed by atoms with Gasteiger partial charge in [-0.25, -0.2) is 0 Å². The standard InChI is InChI=1S/C28H32N2O3/c1-21-11-12-26(32-2)27(17-21)33-25-10-6-9-23(18-25)20-30-15-13-24(14-16-30)29-28(31)19-22-7-4-3-5-8-22/h3-12,17-18,24H,13-16,19-20H2,1-2H3,(H,29,31). The summed E-state index contributed by atoms with van der Waals surface area (Å²) in [5.74, 6) is 2.36. The largest absolute Gasteiger partial charge is 0.493 e. The summed E-state index contributed by atoms with van der Waals surface area (Å²) in [6, 6.07) is 24.3. The van der Waals surface area contributed by atoms with Crippen LogP contribution in [0.5, 0.6) is 17.2 Å². The Balaban J connectivity index is 1.28. The number of rotatable bonds is 8. The fourth-order valence-corrected chi connectivity index (χ4v) is 4.25. The fourth-order valence-electron chi connectivity index (χ4n) is 4.25. The van der Waals surface area contributed by atoms with Gasteiger partial charge in [0.1, 0.15) is 5.75 Å². The summed E-state index contributed by atoms with van der Waals surface area (Å²) in [6.45, 7) is 4.84. The first kappa shape index (κ1) is 22.9. The van der Waals surface area contributed by atoms with E-state index in [0.29, 0.717) is 6.42 Å². The molecule has 172 valence electrons. The molecule has 0 radical (unpaired) electrons. The van der Waals surface area contributed by atoms with Crippen molar-refractivity contribution in [2.75, 3.05) is 20.2 Å². The third-order valence-corrected chi connectivity index (χ3v) is 6.01. The molecule has 0 aromatic heterocycles. The van der Waals surface area contributed by atoms with Gasteiger partial charge < -0.3 is 14.8 Å². The quantitative estimate of drug-likeness (QED) is 0.524. The van der Waals surface area contributed by atoms with E-state index in [9.17, 15) is 4.79 Å². The van der Waals surface area contributed by atoms with Crippen LogP contribution in [0.15, 0.2) is 72.8 Å². The predicted octanol–water partition coefficient (Wildman–Crippen LogP) is 5.12. The molecule has 0 unspecified atom stereocenters. The molecule has 4 rings (SSSR count). The number of hydrogen-bond acceptors (Lipinski definition) is 4. The van der Waals surface area contributed by atoms with Gasteiger partial charge in [0.15, 0.2) is 11.5 Å². The first-order valence-electron chi connectivity index (χ1n) is 11.6. The smallest absolute Gasteiger partial charge is 0.224 e. The van der Waals surface area contributed by atoms with E-state index in [1.54, 1.807) is 7.11 Å². The van der Waals surface area contributed by atoms with Crippen LogP contribution in [-0.4, -0.2) is 37.0 Å². The number of piperidine rings is 1. The topological polar surface area (TPSA) is 50.8 Å². The van der Waals surface area contributed by atoms with Gasteiger partial charge in [-0.05, 0) is 60.7 Å². The van der Waals surface area contributed by atoms with E-state index in [1.165, 1.54) is 5.56 Å². The van der Waals surface area contributed by atoms with Crippen LogP contribution >= 0.6 is 0 Å². The minimum Gasteiger partial charge on any atom is -0.493 e. The molecule has 0 saturated carbocycles. The van der Waals surface area contributed by atoms with E-state index in [2.05, 4.69) is 22.3 Å². The molecule has 1 heterocycles. The lowest BCUT2D eigenvalue weighted by Gasteiger charge is -2.32. The summed E-state index contributed by atoms with van der Waals surface area (Å²) in [6.07, 6.45) is 2.38. The number of ether oxygens (including phenoxy) is 2. The lowest BCUT2D eigenvalue weighted by Crippen LogP contribution is -2.44. The average Bonchev–Trinajstić information content (AvgIpc) is 2.81. The Morgan fingerprint density at radius 1 is 0.939 bits per heavy atom. The normalized spacial score (nSPS) is 14.6.